The molecule has 8 aromatic rings. The van der Waals surface area contributed by atoms with E-state index < -0.39 is 0 Å². The smallest absolute Gasteiger partial charge is 0.0352 e. The van der Waals surface area contributed by atoms with Crippen molar-refractivity contribution in [3.8, 4) is 44.5 Å². The van der Waals surface area contributed by atoms with Crippen molar-refractivity contribution in [2.45, 2.75) is 17.8 Å². The molecule has 8 aromatic carbocycles. The second kappa shape index (κ2) is 11.1. The average Bonchev–Trinajstić information content (AvgIpc) is 3.83. The molecule has 3 aliphatic rings. The van der Waals surface area contributed by atoms with Gasteiger partial charge >= 0.3 is 0 Å². The minimum atomic E-state index is 0.192. The summed E-state index contributed by atoms with van der Waals surface area (Å²) < 4.78 is 0. The Balaban J connectivity index is 1.02. The van der Waals surface area contributed by atoms with E-state index in [2.05, 4.69) is 188 Å². The molecule has 11 rings (SSSR count). The summed E-state index contributed by atoms with van der Waals surface area (Å²) in [6.07, 6.45) is 0. The molecular formula is C51H34. The maximum atomic E-state index is 2.49. The van der Waals surface area contributed by atoms with Crippen LogP contribution in [0.3, 0.4) is 0 Å². The second-order valence-electron chi connectivity index (χ2n) is 14.3. The van der Waals surface area contributed by atoms with Gasteiger partial charge in [-0.25, -0.2) is 0 Å². The molecular weight excluding hydrogens is 613 g/mol. The summed E-state index contributed by atoms with van der Waals surface area (Å²) in [5.41, 5.74) is 23.1. The number of benzene rings is 8. The fourth-order valence-corrected chi connectivity index (χ4v) is 9.53. The van der Waals surface area contributed by atoms with Gasteiger partial charge in [0.05, 0.1) is 0 Å². The van der Waals surface area contributed by atoms with Crippen molar-refractivity contribution in [3.05, 3.63) is 238 Å². The molecule has 0 amide bonds. The number of hydrogen-bond donors (Lipinski definition) is 0. The molecule has 0 saturated carbocycles. The van der Waals surface area contributed by atoms with Crippen molar-refractivity contribution in [1.29, 1.82) is 0 Å². The highest BCUT2D eigenvalue weighted by molar-refractivity contribution is 5.89. The Hall–Kier alpha value is -6.24. The van der Waals surface area contributed by atoms with E-state index in [-0.39, 0.29) is 17.8 Å². The first-order chi connectivity index (χ1) is 25.3. The zero-order valence-corrected chi connectivity index (χ0v) is 28.1. The number of rotatable bonds is 4. The van der Waals surface area contributed by atoms with Crippen LogP contribution in [0.1, 0.15) is 67.8 Å². The Morgan fingerprint density at radius 2 is 0.549 bits per heavy atom. The van der Waals surface area contributed by atoms with Gasteiger partial charge in [-0.05, 0) is 113 Å². The van der Waals surface area contributed by atoms with Gasteiger partial charge in [-0.2, -0.15) is 0 Å². The third-order valence-electron chi connectivity index (χ3n) is 11.7. The fourth-order valence-electron chi connectivity index (χ4n) is 9.53. The van der Waals surface area contributed by atoms with E-state index in [9.17, 15) is 0 Å². The summed E-state index contributed by atoms with van der Waals surface area (Å²) in [6, 6.07) is 70.5. The predicted octanol–water partition coefficient (Wildman–Crippen LogP) is 12.8. The van der Waals surface area contributed by atoms with Gasteiger partial charge in [-0.3, -0.25) is 0 Å². The highest BCUT2D eigenvalue weighted by Gasteiger charge is 2.34. The minimum Gasteiger partial charge on any atom is -0.0622 e. The molecule has 3 unspecified atom stereocenters. The number of fused-ring (bicyclic) bond motifs is 9. The SMILES string of the molecule is c1ccc(C2c3ccccc3-c3cc(-c4ccc5c(c4)-c4ccccc4C5c4ccc5c(c4)-c4ccccc4C5c4ccccc4)ccc32)cc1. The minimum absolute atomic E-state index is 0.192. The molecule has 0 saturated heterocycles. The standard InChI is InChI=1S/C51H34/c1-3-13-32(14-4-1)49-40-20-10-7-17-37(40)46-29-34(23-26-43(46)49)35-24-27-45-47(30-35)39-19-9-12-22-42(39)51(45)36-25-28-44-48(31-36)38-18-8-11-21-41(38)50(44)33-15-5-2-6-16-33/h1-31,49-51H. The second-order valence-corrected chi connectivity index (χ2v) is 14.3. The Labute approximate surface area is 299 Å². The average molecular weight is 647 g/mol. The topological polar surface area (TPSA) is 0 Å². The monoisotopic (exact) mass is 646 g/mol. The lowest BCUT2D eigenvalue weighted by molar-refractivity contribution is 0.993. The van der Waals surface area contributed by atoms with Gasteiger partial charge in [-0.1, -0.05) is 170 Å². The zero-order chi connectivity index (χ0) is 33.5. The summed E-state index contributed by atoms with van der Waals surface area (Å²) in [6.45, 7) is 0. The van der Waals surface area contributed by atoms with Crippen LogP contribution < -0.4 is 0 Å². The summed E-state index contributed by atoms with van der Waals surface area (Å²) in [4.78, 5) is 0. The molecule has 0 aromatic heterocycles. The van der Waals surface area contributed by atoms with Crippen molar-refractivity contribution in [2.75, 3.05) is 0 Å². The lowest BCUT2D eigenvalue weighted by atomic mass is 9.85. The maximum Gasteiger partial charge on any atom is 0.0352 e. The van der Waals surface area contributed by atoms with Gasteiger partial charge in [0.25, 0.3) is 0 Å². The van der Waals surface area contributed by atoms with Crippen molar-refractivity contribution in [3.63, 3.8) is 0 Å². The lowest BCUT2D eigenvalue weighted by Crippen LogP contribution is -2.02. The van der Waals surface area contributed by atoms with Crippen LogP contribution in [-0.4, -0.2) is 0 Å². The molecule has 0 spiro atoms. The first-order valence-corrected chi connectivity index (χ1v) is 18.1. The molecule has 0 fully saturated rings. The summed E-state index contributed by atoms with van der Waals surface area (Å²) >= 11 is 0. The van der Waals surface area contributed by atoms with E-state index in [1.165, 1.54) is 94.6 Å². The first kappa shape index (κ1) is 28.6. The van der Waals surface area contributed by atoms with E-state index in [1.54, 1.807) is 0 Å². The summed E-state index contributed by atoms with van der Waals surface area (Å²) in [5, 5.41) is 0. The van der Waals surface area contributed by atoms with Gasteiger partial charge in [0.1, 0.15) is 0 Å². The van der Waals surface area contributed by atoms with Crippen LogP contribution in [0.15, 0.2) is 188 Å². The molecule has 238 valence electrons. The Bertz CT molecular complexity index is 2650. The van der Waals surface area contributed by atoms with Gasteiger partial charge in [0, 0.05) is 17.8 Å². The molecule has 0 heteroatoms. The van der Waals surface area contributed by atoms with E-state index in [4.69, 9.17) is 0 Å². The summed E-state index contributed by atoms with van der Waals surface area (Å²) in [7, 11) is 0. The quantitative estimate of drug-likeness (QED) is 0.178. The van der Waals surface area contributed by atoms with Crippen LogP contribution in [0.4, 0.5) is 0 Å². The third-order valence-corrected chi connectivity index (χ3v) is 11.7. The molecule has 0 radical (unpaired) electrons. The Kier molecular flexibility index (Phi) is 6.24. The van der Waals surface area contributed by atoms with Gasteiger partial charge in [0.2, 0.25) is 0 Å². The van der Waals surface area contributed by atoms with E-state index in [0.29, 0.717) is 0 Å². The Morgan fingerprint density at radius 3 is 1.00 bits per heavy atom. The predicted molar refractivity (Wildman–Crippen MR) is 210 cm³/mol. The van der Waals surface area contributed by atoms with Gasteiger partial charge in [0.15, 0.2) is 0 Å². The summed E-state index contributed by atoms with van der Waals surface area (Å²) in [5.74, 6) is 0.720. The van der Waals surface area contributed by atoms with E-state index >= 15 is 0 Å². The van der Waals surface area contributed by atoms with Crippen molar-refractivity contribution in [1.82, 2.24) is 0 Å². The molecule has 3 aliphatic carbocycles. The van der Waals surface area contributed by atoms with Crippen molar-refractivity contribution >= 4 is 0 Å². The van der Waals surface area contributed by atoms with Crippen molar-refractivity contribution < 1.29 is 0 Å². The van der Waals surface area contributed by atoms with Crippen molar-refractivity contribution in [2.24, 2.45) is 0 Å². The number of hydrogen-bond acceptors (Lipinski definition) is 0. The molecule has 3 atom stereocenters. The third kappa shape index (κ3) is 4.27. The van der Waals surface area contributed by atoms with E-state index in [1.807, 2.05) is 0 Å². The van der Waals surface area contributed by atoms with E-state index in [0.717, 1.165) is 0 Å². The van der Waals surface area contributed by atoms with Gasteiger partial charge in [-0.15, -0.1) is 0 Å². The van der Waals surface area contributed by atoms with Crippen LogP contribution in [0.25, 0.3) is 44.5 Å². The molecule has 0 heterocycles. The molecule has 0 aliphatic heterocycles. The zero-order valence-electron chi connectivity index (χ0n) is 28.1. The van der Waals surface area contributed by atoms with Crippen LogP contribution in [-0.2, 0) is 0 Å². The van der Waals surface area contributed by atoms with Crippen LogP contribution in [0.2, 0.25) is 0 Å². The largest absolute Gasteiger partial charge is 0.0622 e. The molecule has 0 nitrogen and oxygen atoms in total. The highest BCUT2D eigenvalue weighted by atomic mass is 14.4. The Morgan fingerprint density at radius 1 is 0.216 bits per heavy atom. The van der Waals surface area contributed by atoms with Crippen LogP contribution in [0.5, 0.6) is 0 Å². The van der Waals surface area contributed by atoms with Crippen LogP contribution in [0, 0.1) is 0 Å². The maximum absolute atomic E-state index is 2.49. The first-order valence-electron chi connectivity index (χ1n) is 18.1. The highest BCUT2D eigenvalue weighted by Crippen LogP contribution is 2.54. The lowest BCUT2D eigenvalue weighted by Gasteiger charge is -2.18. The van der Waals surface area contributed by atoms with Gasteiger partial charge < -0.3 is 0 Å². The fraction of sp³-hybridized carbons (Fsp3) is 0.0588. The molecule has 0 bridgehead atoms. The molecule has 0 N–H and O–H groups in total. The van der Waals surface area contributed by atoms with Crippen LogP contribution >= 0.6 is 0 Å². The molecule has 51 heavy (non-hydrogen) atoms. The normalized spacial score (nSPS) is 17.2.